The van der Waals surface area contributed by atoms with Crippen molar-refractivity contribution in [2.45, 2.75) is 19.0 Å². The van der Waals surface area contributed by atoms with Gasteiger partial charge in [-0.05, 0) is 24.6 Å². The molecule has 5 nitrogen and oxygen atoms in total. The van der Waals surface area contributed by atoms with Crippen molar-refractivity contribution >= 4 is 22.9 Å². The zero-order valence-corrected chi connectivity index (χ0v) is 13.7. The van der Waals surface area contributed by atoms with Gasteiger partial charge in [0.15, 0.2) is 0 Å². The molecule has 2 heterocycles. The lowest BCUT2D eigenvalue weighted by molar-refractivity contribution is -0.158. The van der Waals surface area contributed by atoms with Gasteiger partial charge < -0.3 is 14.5 Å². The Labute approximate surface area is 138 Å². The van der Waals surface area contributed by atoms with Crippen LogP contribution < -0.4 is 0 Å². The molecule has 2 aliphatic rings. The number of benzene rings is 1. The maximum Gasteiger partial charge on any atom is 0.282 e. The Kier molecular flexibility index (Phi) is 4.87. The van der Waals surface area contributed by atoms with E-state index in [1.165, 1.54) is 23.9 Å². The molecule has 0 unspecified atom stereocenters. The summed E-state index contributed by atoms with van der Waals surface area (Å²) in [6.07, 6.45) is 0. The first-order valence-corrected chi connectivity index (χ1v) is 8.69. The van der Waals surface area contributed by atoms with Gasteiger partial charge in [0, 0.05) is 25.4 Å². The van der Waals surface area contributed by atoms with Gasteiger partial charge in [-0.15, -0.1) is 0 Å². The van der Waals surface area contributed by atoms with Crippen LogP contribution >= 0.6 is 11.8 Å². The topological polar surface area (TPSA) is 49.9 Å². The van der Waals surface area contributed by atoms with Crippen molar-refractivity contribution in [2.75, 3.05) is 32.1 Å². The van der Waals surface area contributed by atoms with Crippen molar-refractivity contribution in [3.05, 3.63) is 35.6 Å². The molecule has 23 heavy (non-hydrogen) atoms. The van der Waals surface area contributed by atoms with Gasteiger partial charge >= 0.3 is 0 Å². The Balaban J connectivity index is 1.82. The third-order valence-electron chi connectivity index (χ3n) is 4.19. The fraction of sp³-hybridized carbons (Fsp3) is 0.500. The molecule has 0 bridgehead atoms. The molecule has 7 heteroatoms. The van der Waals surface area contributed by atoms with Crippen molar-refractivity contribution in [1.29, 1.82) is 0 Å². The second-order valence-electron chi connectivity index (χ2n) is 5.48. The van der Waals surface area contributed by atoms with E-state index in [2.05, 4.69) is 0 Å². The van der Waals surface area contributed by atoms with E-state index in [0.717, 1.165) is 5.56 Å². The van der Waals surface area contributed by atoms with Crippen molar-refractivity contribution in [2.24, 2.45) is 0 Å². The summed E-state index contributed by atoms with van der Waals surface area (Å²) in [5.41, 5.74) is 0.845. The van der Waals surface area contributed by atoms with Crippen LogP contribution in [-0.4, -0.2) is 59.0 Å². The number of rotatable bonds is 6. The molecule has 2 aliphatic heterocycles. The minimum Gasteiger partial charge on any atom is -0.380 e. The van der Waals surface area contributed by atoms with Crippen LogP contribution in [0.25, 0.3) is 0 Å². The number of β-lactam (4-membered cyclic amide) rings is 1. The molecular formula is C16H19FN2O3S. The van der Waals surface area contributed by atoms with Crippen LogP contribution in [0.4, 0.5) is 9.18 Å². The van der Waals surface area contributed by atoms with E-state index in [9.17, 15) is 14.0 Å². The average molecular weight is 338 g/mol. The lowest BCUT2D eigenvalue weighted by atomic mass is 9.87. The summed E-state index contributed by atoms with van der Waals surface area (Å²) in [5, 5.41) is -0.0556. The van der Waals surface area contributed by atoms with Gasteiger partial charge in [-0.2, -0.15) is 0 Å². The van der Waals surface area contributed by atoms with E-state index >= 15 is 0 Å². The predicted octanol–water partition coefficient (Wildman–Crippen LogP) is 2.28. The Morgan fingerprint density at radius 3 is 2.61 bits per heavy atom. The zero-order valence-electron chi connectivity index (χ0n) is 12.9. The van der Waals surface area contributed by atoms with Crippen molar-refractivity contribution in [3.63, 3.8) is 0 Å². The SMILES string of the molecule is CCOCCN1C(=O)[C@@H](N2CCSC2=O)[C@H]1c1ccc(F)cc1. The van der Waals surface area contributed by atoms with E-state index < -0.39 is 6.04 Å². The van der Waals surface area contributed by atoms with Crippen LogP contribution in [0.3, 0.4) is 0 Å². The second-order valence-corrected chi connectivity index (χ2v) is 6.52. The van der Waals surface area contributed by atoms with Gasteiger partial charge in [0.25, 0.3) is 5.24 Å². The summed E-state index contributed by atoms with van der Waals surface area (Å²) >= 11 is 1.24. The molecule has 0 N–H and O–H groups in total. The summed E-state index contributed by atoms with van der Waals surface area (Å²) in [6, 6.07) is 5.42. The highest BCUT2D eigenvalue weighted by Crippen LogP contribution is 2.40. The van der Waals surface area contributed by atoms with Gasteiger partial charge in [0.05, 0.1) is 12.6 Å². The largest absolute Gasteiger partial charge is 0.380 e. The van der Waals surface area contributed by atoms with E-state index in [1.54, 1.807) is 21.9 Å². The Morgan fingerprint density at radius 2 is 2.00 bits per heavy atom. The maximum atomic E-state index is 13.2. The van der Waals surface area contributed by atoms with Gasteiger partial charge in [0.2, 0.25) is 5.91 Å². The first-order valence-electron chi connectivity index (χ1n) is 7.70. The van der Waals surface area contributed by atoms with E-state index in [1.807, 2.05) is 6.92 Å². The molecule has 1 aromatic carbocycles. The molecule has 2 fully saturated rings. The van der Waals surface area contributed by atoms with Gasteiger partial charge in [-0.1, -0.05) is 23.9 Å². The number of halogens is 1. The van der Waals surface area contributed by atoms with Gasteiger partial charge in [-0.3, -0.25) is 9.59 Å². The lowest BCUT2D eigenvalue weighted by Gasteiger charge is -2.50. The number of likely N-dealkylation sites (tertiary alicyclic amines) is 1. The normalized spacial score (nSPS) is 24.3. The summed E-state index contributed by atoms with van der Waals surface area (Å²) in [6.45, 7) is 4.00. The molecule has 1 aromatic rings. The minimum absolute atomic E-state index is 0.0556. The fourth-order valence-corrected chi connectivity index (χ4v) is 3.90. The highest BCUT2D eigenvalue weighted by atomic mass is 32.2. The Bertz CT molecular complexity index is 595. The third-order valence-corrected chi connectivity index (χ3v) is 5.06. The number of carbonyl (C=O) groups is 2. The summed E-state index contributed by atoms with van der Waals surface area (Å²) < 4.78 is 18.5. The molecule has 0 aliphatic carbocycles. The van der Waals surface area contributed by atoms with Crippen LogP contribution in [0.1, 0.15) is 18.5 Å². The smallest absolute Gasteiger partial charge is 0.282 e. The quantitative estimate of drug-likeness (QED) is 0.590. The number of carbonyl (C=O) groups excluding carboxylic acids is 2. The van der Waals surface area contributed by atoms with E-state index in [4.69, 9.17) is 4.74 Å². The third kappa shape index (κ3) is 3.07. The van der Waals surface area contributed by atoms with Crippen molar-refractivity contribution in [1.82, 2.24) is 9.80 Å². The van der Waals surface area contributed by atoms with Gasteiger partial charge in [0.1, 0.15) is 11.9 Å². The number of ether oxygens (including phenoxy) is 1. The molecule has 2 saturated heterocycles. The number of hydrogen-bond donors (Lipinski definition) is 0. The molecule has 124 valence electrons. The van der Waals surface area contributed by atoms with Crippen molar-refractivity contribution < 1.29 is 18.7 Å². The molecule has 0 aromatic heterocycles. The summed E-state index contributed by atoms with van der Waals surface area (Å²) in [4.78, 5) is 27.9. The monoisotopic (exact) mass is 338 g/mol. The van der Waals surface area contributed by atoms with Crippen LogP contribution in [0, 0.1) is 5.82 Å². The molecule has 2 atom stereocenters. The van der Waals surface area contributed by atoms with Crippen molar-refractivity contribution in [3.8, 4) is 0 Å². The van der Waals surface area contributed by atoms with Crippen LogP contribution in [0.15, 0.2) is 24.3 Å². The first kappa shape index (κ1) is 16.3. The standard InChI is InChI=1S/C16H19FN2O3S/c1-2-22-9-7-18-13(11-3-5-12(17)6-4-11)14(15(18)20)19-8-10-23-16(19)21/h3-6,13-14H,2,7-10H2,1H3/t13-,14+/m1/s1. The molecule has 0 saturated carbocycles. The van der Waals surface area contributed by atoms with Crippen LogP contribution in [0.2, 0.25) is 0 Å². The van der Waals surface area contributed by atoms with E-state index in [-0.39, 0.29) is 23.0 Å². The maximum absolute atomic E-state index is 13.2. The Hall–Kier alpha value is -1.60. The average Bonchev–Trinajstić information content (AvgIpc) is 2.95. The summed E-state index contributed by atoms with van der Waals surface area (Å²) in [7, 11) is 0. The molecular weight excluding hydrogens is 319 g/mol. The first-order chi connectivity index (χ1) is 11.1. The second kappa shape index (κ2) is 6.88. The van der Waals surface area contributed by atoms with Crippen LogP contribution in [-0.2, 0) is 9.53 Å². The van der Waals surface area contributed by atoms with E-state index in [0.29, 0.717) is 32.1 Å². The van der Waals surface area contributed by atoms with Gasteiger partial charge in [-0.25, -0.2) is 4.39 Å². The molecule has 0 spiro atoms. The molecule has 2 amide bonds. The minimum atomic E-state index is -0.482. The molecule has 0 radical (unpaired) electrons. The van der Waals surface area contributed by atoms with Crippen LogP contribution in [0.5, 0.6) is 0 Å². The summed E-state index contributed by atoms with van der Waals surface area (Å²) in [5.74, 6) is 0.331. The highest BCUT2D eigenvalue weighted by Gasteiger charge is 2.53. The number of thioether (sulfide) groups is 1. The molecule has 3 rings (SSSR count). The highest BCUT2D eigenvalue weighted by molar-refractivity contribution is 8.13. The lowest BCUT2D eigenvalue weighted by Crippen LogP contribution is -2.66. The number of amides is 2. The zero-order chi connectivity index (χ0) is 16.4. The predicted molar refractivity (Wildman–Crippen MR) is 85.7 cm³/mol. The number of hydrogen-bond acceptors (Lipinski definition) is 4. The number of nitrogens with zero attached hydrogens (tertiary/aromatic N) is 2. The Morgan fingerprint density at radius 1 is 1.26 bits per heavy atom. The fourth-order valence-electron chi connectivity index (χ4n) is 3.07.